The lowest BCUT2D eigenvalue weighted by molar-refractivity contribution is -0.131. The van der Waals surface area contributed by atoms with E-state index in [0.29, 0.717) is 25.4 Å². The molecule has 5 heteroatoms. The second-order valence-corrected chi connectivity index (χ2v) is 7.73. The van der Waals surface area contributed by atoms with Gasteiger partial charge in [0.1, 0.15) is 0 Å². The molecular weight excluding hydrogens is 326 g/mol. The first kappa shape index (κ1) is 20.4. The topological polar surface area (TPSA) is 52.7 Å². The number of rotatable bonds is 7. The minimum Gasteiger partial charge on any atom is -0.340 e. The predicted molar refractivity (Wildman–Crippen MR) is 105 cm³/mol. The monoisotopic (exact) mass is 359 g/mol. The molecule has 1 saturated heterocycles. The molecule has 2 rings (SSSR count). The fourth-order valence-corrected chi connectivity index (χ4v) is 3.31. The molecule has 1 aromatic rings. The van der Waals surface area contributed by atoms with Crippen LogP contribution in [0, 0.1) is 19.8 Å². The largest absolute Gasteiger partial charge is 0.340 e. The standard InChI is InChI=1S/C21H33N3O2/c1-16(2)5-9-24(10-6-20(25)23-11-7-22-8-12-23)21(26)19-14-17(3)13-18(4)15-19/h13-16,22H,5-12H2,1-4H3. The maximum Gasteiger partial charge on any atom is 0.253 e. The molecule has 1 aliphatic heterocycles. The van der Waals surface area contributed by atoms with Crippen LogP contribution in [-0.2, 0) is 4.79 Å². The third-order valence-corrected chi connectivity index (χ3v) is 4.80. The molecule has 0 saturated carbocycles. The van der Waals surface area contributed by atoms with E-state index in [1.165, 1.54) is 0 Å². The first-order valence-electron chi connectivity index (χ1n) is 9.73. The molecule has 0 atom stereocenters. The minimum atomic E-state index is 0.0329. The summed E-state index contributed by atoms with van der Waals surface area (Å²) >= 11 is 0. The number of hydrogen-bond acceptors (Lipinski definition) is 3. The molecule has 0 radical (unpaired) electrons. The predicted octanol–water partition coefficient (Wildman–Crippen LogP) is 2.61. The van der Waals surface area contributed by atoms with Crippen molar-refractivity contribution < 1.29 is 9.59 Å². The summed E-state index contributed by atoms with van der Waals surface area (Å²) in [6, 6.07) is 5.95. The van der Waals surface area contributed by atoms with Crippen LogP contribution in [0.1, 0.15) is 48.2 Å². The highest BCUT2D eigenvalue weighted by molar-refractivity contribution is 5.95. The van der Waals surface area contributed by atoms with E-state index < -0.39 is 0 Å². The van der Waals surface area contributed by atoms with Crippen molar-refractivity contribution in [2.24, 2.45) is 5.92 Å². The molecule has 2 amide bonds. The zero-order valence-corrected chi connectivity index (χ0v) is 16.7. The Bertz CT molecular complexity index is 601. The number of hydrogen-bond donors (Lipinski definition) is 1. The van der Waals surface area contributed by atoms with E-state index in [0.717, 1.165) is 49.3 Å². The highest BCUT2D eigenvalue weighted by Crippen LogP contribution is 2.14. The molecule has 1 fully saturated rings. The van der Waals surface area contributed by atoms with Crippen molar-refractivity contribution in [1.29, 1.82) is 0 Å². The maximum atomic E-state index is 13.0. The van der Waals surface area contributed by atoms with Gasteiger partial charge in [-0.1, -0.05) is 31.0 Å². The van der Waals surface area contributed by atoms with Crippen LogP contribution in [0.3, 0.4) is 0 Å². The van der Waals surface area contributed by atoms with Crippen molar-refractivity contribution in [3.8, 4) is 0 Å². The van der Waals surface area contributed by atoms with Gasteiger partial charge in [-0.05, 0) is 38.3 Å². The van der Waals surface area contributed by atoms with Crippen LogP contribution < -0.4 is 5.32 Å². The van der Waals surface area contributed by atoms with E-state index in [1.807, 2.05) is 35.8 Å². The van der Waals surface area contributed by atoms with Gasteiger partial charge in [-0.15, -0.1) is 0 Å². The van der Waals surface area contributed by atoms with E-state index in [4.69, 9.17) is 0 Å². The van der Waals surface area contributed by atoms with Crippen LogP contribution in [0.15, 0.2) is 18.2 Å². The molecule has 144 valence electrons. The van der Waals surface area contributed by atoms with Crippen molar-refractivity contribution in [2.75, 3.05) is 39.3 Å². The van der Waals surface area contributed by atoms with Crippen LogP contribution in [0.5, 0.6) is 0 Å². The minimum absolute atomic E-state index is 0.0329. The summed E-state index contributed by atoms with van der Waals surface area (Å²) < 4.78 is 0. The Morgan fingerprint density at radius 2 is 1.69 bits per heavy atom. The number of aryl methyl sites for hydroxylation is 2. The summed E-state index contributed by atoms with van der Waals surface area (Å²) in [5, 5.41) is 3.26. The lowest BCUT2D eigenvalue weighted by atomic mass is 10.1. The number of piperazine rings is 1. The van der Waals surface area contributed by atoms with Gasteiger partial charge in [0.15, 0.2) is 0 Å². The molecule has 5 nitrogen and oxygen atoms in total. The van der Waals surface area contributed by atoms with Gasteiger partial charge in [0.2, 0.25) is 5.91 Å². The zero-order valence-electron chi connectivity index (χ0n) is 16.7. The summed E-state index contributed by atoms with van der Waals surface area (Å²) in [4.78, 5) is 29.3. The summed E-state index contributed by atoms with van der Waals surface area (Å²) in [7, 11) is 0. The molecule has 0 aromatic heterocycles. The number of amides is 2. The van der Waals surface area contributed by atoms with Crippen molar-refractivity contribution in [2.45, 2.75) is 40.5 Å². The number of nitrogens with one attached hydrogen (secondary N) is 1. The Balaban J connectivity index is 2.04. The van der Waals surface area contributed by atoms with Gasteiger partial charge in [0.25, 0.3) is 5.91 Å². The lowest BCUT2D eigenvalue weighted by Crippen LogP contribution is -2.47. The Morgan fingerprint density at radius 3 is 2.27 bits per heavy atom. The average molecular weight is 360 g/mol. The highest BCUT2D eigenvalue weighted by Gasteiger charge is 2.21. The highest BCUT2D eigenvalue weighted by atomic mass is 16.2. The summed E-state index contributed by atoms with van der Waals surface area (Å²) in [5.74, 6) is 0.702. The molecule has 1 aromatic carbocycles. The van der Waals surface area contributed by atoms with Gasteiger partial charge in [-0.25, -0.2) is 0 Å². The van der Waals surface area contributed by atoms with Crippen molar-refractivity contribution in [3.63, 3.8) is 0 Å². The van der Waals surface area contributed by atoms with Crippen molar-refractivity contribution in [3.05, 3.63) is 34.9 Å². The number of carbonyl (C=O) groups excluding carboxylic acids is 2. The maximum absolute atomic E-state index is 13.0. The summed E-state index contributed by atoms with van der Waals surface area (Å²) in [6.07, 6.45) is 1.34. The molecule has 1 N–H and O–H groups in total. The van der Waals surface area contributed by atoms with Gasteiger partial charge < -0.3 is 15.1 Å². The van der Waals surface area contributed by atoms with Gasteiger partial charge in [-0.2, -0.15) is 0 Å². The molecule has 1 heterocycles. The smallest absolute Gasteiger partial charge is 0.253 e. The van der Waals surface area contributed by atoms with Crippen molar-refractivity contribution >= 4 is 11.8 Å². The van der Waals surface area contributed by atoms with Crippen LogP contribution in [0.25, 0.3) is 0 Å². The molecule has 0 aliphatic carbocycles. The van der Waals surface area contributed by atoms with E-state index in [1.54, 1.807) is 0 Å². The van der Waals surface area contributed by atoms with Gasteiger partial charge in [0, 0.05) is 51.3 Å². The van der Waals surface area contributed by atoms with Crippen molar-refractivity contribution in [1.82, 2.24) is 15.1 Å². The first-order chi connectivity index (χ1) is 12.4. The molecule has 26 heavy (non-hydrogen) atoms. The SMILES string of the molecule is Cc1cc(C)cc(C(=O)N(CCC(=O)N2CCNCC2)CCC(C)C)c1. The first-order valence-corrected chi connectivity index (χ1v) is 9.73. The third-order valence-electron chi connectivity index (χ3n) is 4.80. The van der Waals surface area contributed by atoms with Crippen LogP contribution in [0.2, 0.25) is 0 Å². The summed E-state index contributed by atoms with van der Waals surface area (Å²) in [5.41, 5.74) is 2.91. The van der Waals surface area contributed by atoms with E-state index in [2.05, 4.69) is 25.2 Å². The average Bonchev–Trinajstić information content (AvgIpc) is 2.60. The fourth-order valence-electron chi connectivity index (χ4n) is 3.31. The zero-order chi connectivity index (χ0) is 19.1. The molecule has 1 aliphatic rings. The van der Waals surface area contributed by atoms with Crippen LogP contribution in [0.4, 0.5) is 0 Å². The van der Waals surface area contributed by atoms with Gasteiger partial charge in [0.05, 0.1) is 0 Å². The second kappa shape index (κ2) is 9.72. The Kier molecular flexibility index (Phi) is 7.64. The Labute approximate surface area is 157 Å². The third kappa shape index (κ3) is 6.13. The Hall–Kier alpha value is -1.88. The second-order valence-electron chi connectivity index (χ2n) is 7.73. The van der Waals surface area contributed by atoms with Gasteiger partial charge >= 0.3 is 0 Å². The number of benzene rings is 1. The number of carbonyl (C=O) groups is 2. The lowest BCUT2D eigenvalue weighted by Gasteiger charge is -2.29. The molecule has 0 spiro atoms. The van der Waals surface area contributed by atoms with Crippen LogP contribution in [-0.4, -0.2) is 60.9 Å². The summed E-state index contributed by atoms with van der Waals surface area (Å²) in [6.45, 7) is 12.7. The van der Waals surface area contributed by atoms with E-state index in [-0.39, 0.29) is 11.8 Å². The molecule has 0 unspecified atom stereocenters. The van der Waals surface area contributed by atoms with E-state index in [9.17, 15) is 9.59 Å². The van der Waals surface area contributed by atoms with Gasteiger partial charge in [-0.3, -0.25) is 9.59 Å². The normalized spacial score (nSPS) is 14.6. The van der Waals surface area contributed by atoms with Crippen LogP contribution >= 0.6 is 0 Å². The molecule has 0 bridgehead atoms. The quantitative estimate of drug-likeness (QED) is 0.814. The fraction of sp³-hybridized carbons (Fsp3) is 0.619. The Morgan fingerprint density at radius 1 is 1.08 bits per heavy atom. The number of nitrogens with zero attached hydrogens (tertiary/aromatic N) is 2. The molecular formula is C21H33N3O2. The van der Waals surface area contributed by atoms with E-state index >= 15 is 0 Å².